The lowest BCUT2D eigenvalue weighted by Crippen LogP contribution is -2.28. The number of hydrogen-bond donors (Lipinski definition) is 1. The molecule has 28 heavy (non-hydrogen) atoms. The Kier molecular flexibility index (Phi) is 3.97. The number of aryl methyl sites for hydroxylation is 1. The second kappa shape index (κ2) is 6.52. The van der Waals surface area contributed by atoms with E-state index in [1.165, 1.54) is 16.4 Å². The molecule has 0 atom stereocenters. The third-order valence-electron chi connectivity index (χ3n) is 5.09. The number of hydrogen-bond acceptors (Lipinski definition) is 7. The van der Waals surface area contributed by atoms with Crippen LogP contribution in [0, 0.1) is 0 Å². The molecule has 144 valence electrons. The number of anilines is 1. The van der Waals surface area contributed by atoms with Crippen molar-refractivity contribution >= 4 is 32.2 Å². The van der Waals surface area contributed by atoms with Crippen LogP contribution in [-0.2, 0) is 13.0 Å². The summed E-state index contributed by atoms with van der Waals surface area (Å²) in [5.74, 6) is 1.30. The summed E-state index contributed by atoms with van der Waals surface area (Å²) in [7, 11) is 3.21. The van der Waals surface area contributed by atoms with Gasteiger partial charge in [-0.05, 0) is 36.1 Å². The van der Waals surface area contributed by atoms with Gasteiger partial charge in [0, 0.05) is 6.54 Å². The summed E-state index contributed by atoms with van der Waals surface area (Å²) in [6, 6.07) is 5.69. The molecule has 0 saturated carbocycles. The molecule has 5 rings (SSSR count). The number of rotatable bonds is 4. The molecule has 0 radical (unpaired) electrons. The Labute approximate surface area is 164 Å². The molecule has 1 aliphatic heterocycles. The van der Waals surface area contributed by atoms with Gasteiger partial charge in [0.05, 0.1) is 31.2 Å². The summed E-state index contributed by atoms with van der Waals surface area (Å²) < 4.78 is 13.9. The Bertz CT molecular complexity index is 1260. The average molecular weight is 397 g/mol. The van der Waals surface area contributed by atoms with Gasteiger partial charge >= 0.3 is 5.69 Å². The van der Waals surface area contributed by atoms with Crippen molar-refractivity contribution in [1.82, 2.24) is 19.2 Å². The number of nitrogens with zero attached hydrogens (tertiary/aromatic N) is 4. The lowest BCUT2D eigenvalue weighted by Gasteiger charge is -2.13. The van der Waals surface area contributed by atoms with E-state index >= 15 is 0 Å². The van der Waals surface area contributed by atoms with Crippen LogP contribution in [0.5, 0.6) is 11.5 Å². The maximum atomic E-state index is 13.2. The van der Waals surface area contributed by atoms with Crippen molar-refractivity contribution in [1.29, 1.82) is 0 Å². The fourth-order valence-corrected chi connectivity index (χ4v) is 5.04. The van der Waals surface area contributed by atoms with Crippen LogP contribution in [0.4, 0.5) is 5.00 Å². The molecule has 0 spiro atoms. The first kappa shape index (κ1) is 17.1. The molecule has 0 saturated heterocycles. The first-order chi connectivity index (χ1) is 13.7. The first-order valence-corrected chi connectivity index (χ1v) is 9.85. The SMILES string of the molecule is COc1ccc(Cn2c(=O)n3ncnc3c3c4c(sc32)NCCC4)cc1OC. The Hall–Kier alpha value is -3.07. The summed E-state index contributed by atoms with van der Waals surface area (Å²) in [4.78, 5) is 18.4. The van der Waals surface area contributed by atoms with Crippen LogP contribution in [-0.4, -0.2) is 39.9 Å². The predicted molar refractivity (Wildman–Crippen MR) is 108 cm³/mol. The van der Waals surface area contributed by atoms with Gasteiger partial charge in [0.1, 0.15) is 11.2 Å². The van der Waals surface area contributed by atoms with Crippen molar-refractivity contribution in [3.05, 3.63) is 46.1 Å². The van der Waals surface area contributed by atoms with Crippen LogP contribution in [0.1, 0.15) is 17.5 Å². The number of thiophene rings is 1. The molecular weight excluding hydrogens is 378 g/mol. The highest BCUT2D eigenvalue weighted by molar-refractivity contribution is 7.22. The fraction of sp³-hybridized carbons (Fsp3) is 0.316. The van der Waals surface area contributed by atoms with Gasteiger partial charge in [-0.25, -0.2) is 9.78 Å². The molecule has 4 heterocycles. The minimum Gasteiger partial charge on any atom is -0.493 e. The number of aromatic nitrogens is 4. The van der Waals surface area contributed by atoms with E-state index in [0.717, 1.165) is 40.2 Å². The zero-order chi connectivity index (χ0) is 19.3. The number of ether oxygens (including phenoxy) is 2. The summed E-state index contributed by atoms with van der Waals surface area (Å²) in [5.41, 5.74) is 2.60. The molecule has 0 unspecified atom stereocenters. The van der Waals surface area contributed by atoms with E-state index in [1.807, 2.05) is 18.2 Å². The van der Waals surface area contributed by atoms with Gasteiger partial charge in [-0.2, -0.15) is 9.61 Å². The van der Waals surface area contributed by atoms with E-state index in [9.17, 15) is 4.79 Å². The van der Waals surface area contributed by atoms with Crippen molar-refractivity contribution in [2.45, 2.75) is 19.4 Å². The van der Waals surface area contributed by atoms with E-state index < -0.39 is 0 Å². The van der Waals surface area contributed by atoms with Crippen LogP contribution in [0.2, 0.25) is 0 Å². The molecule has 4 aromatic rings. The number of fused-ring (bicyclic) bond motifs is 5. The standard InChI is InChI=1S/C19H19N5O3S/c1-26-13-6-5-11(8-14(13)27-2)9-23-18-15(12-4-3-7-20-17(12)28-18)16-21-10-22-24(16)19(23)25/h5-6,8,10,20H,3-4,7,9H2,1-2H3. The van der Waals surface area contributed by atoms with Gasteiger partial charge in [0.25, 0.3) is 0 Å². The zero-order valence-corrected chi connectivity index (χ0v) is 16.4. The van der Waals surface area contributed by atoms with Gasteiger partial charge in [-0.15, -0.1) is 0 Å². The third-order valence-corrected chi connectivity index (χ3v) is 6.31. The van der Waals surface area contributed by atoms with Crippen molar-refractivity contribution < 1.29 is 9.47 Å². The molecule has 0 aliphatic carbocycles. The predicted octanol–water partition coefficient (Wildman–Crippen LogP) is 2.53. The third kappa shape index (κ3) is 2.46. The quantitative estimate of drug-likeness (QED) is 0.570. The summed E-state index contributed by atoms with van der Waals surface area (Å²) >= 11 is 1.61. The largest absolute Gasteiger partial charge is 0.493 e. The minimum atomic E-state index is -0.201. The average Bonchev–Trinajstić information content (AvgIpc) is 3.35. The van der Waals surface area contributed by atoms with Crippen LogP contribution >= 0.6 is 11.3 Å². The molecule has 1 N–H and O–H groups in total. The molecule has 8 nitrogen and oxygen atoms in total. The van der Waals surface area contributed by atoms with Crippen LogP contribution in [0.15, 0.2) is 29.3 Å². The second-order valence-electron chi connectivity index (χ2n) is 6.67. The normalized spacial score (nSPS) is 13.5. The van der Waals surface area contributed by atoms with Crippen LogP contribution in [0.25, 0.3) is 15.9 Å². The Morgan fingerprint density at radius 1 is 1.25 bits per heavy atom. The lowest BCUT2D eigenvalue weighted by atomic mass is 10.1. The van der Waals surface area contributed by atoms with Gasteiger partial charge in [0.15, 0.2) is 17.1 Å². The maximum Gasteiger partial charge on any atom is 0.352 e. The maximum absolute atomic E-state index is 13.2. The zero-order valence-electron chi connectivity index (χ0n) is 15.6. The van der Waals surface area contributed by atoms with Gasteiger partial charge in [-0.3, -0.25) is 4.57 Å². The number of nitrogens with one attached hydrogen (secondary N) is 1. The van der Waals surface area contributed by atoms with E-state index in [4.69, 9.17) is 9.47 Å². The molecule has 3 aromatic heterocycles. The van der Waals surface area contributed by atoms with Crippen molar-refractivity contribution in [3.8, 4) is 11.5 Å². The van der Waals surface area contributed by atoms with E-state index in [0.29, 0.717) is 23.7 Å². The number of benzene rings is 1. The highest BCUT2D eigenvalue weighted by Gasteiger charge is 2.23. The van der Waals surface area contributed by atoms with Crippen molar-refractivity contribution in [2.24, 2.45) is 0 Å². The molecular formula is C19H19N5O3S. The summed E-state index contributed by atoms with van der Waals surface area (Å²) in [5, 5.41) is 9.78. The number of methoxy groups -OCH3 is 2. The lowest BCUT2D eigenvalue weighted by molar-refractivity contribution is 0.354. The molecule has 0 amide bonds. The van der Waals surface area contributed by atoms with Gasteiger partial charge in [0.2, 0.25) is 0 Å². The minimum absolute atomic E-state index is 0.201. The second-order valence-corrected chi connectivity index (χ2v) is 7.67. The van der Waals surface area contributed by atoms with Gasteiger partial charge < -0.3 is 14.8 Å². The van der Waals surface area contributed by atoms with E-state index in [2.05, 4.69) is 15.4 Å². The van der Waals surface area contributed by atoms with Crippen molar-refractivity contribution in [2.75, 3.05) is 26.1 Å². The molecule has 0 fully saturated rings. The monoisotopic (exact) mass is 397 g/mol. The molecule has 1 aromatic carbocycles. The van der Waals surface area contributed by atoms with Crippen molar-refractivity contribution in [3.63, 3.8) is 0 Å². The Balaban J connectivity index is 1.73. The highest BCUT2D eigenvalue weighted by Crippen LogP contribution is 2.39. The first-order valence-electron chi connectivity index (χ1n) is 9.04. The smallest absolute Gasteiger partial charge is 0.352 e. The van der Waals surface area contributed by atoms with Crippen LogP contribution < -0.4 is 20.5 Å². The topological polar surface area (TPSA) is 82.7 Å². The summed E-state index contributed by atoms with van der Waals surface area (Å²) in [6.07, 6.45) is 3.48. The highest BCUT2D eigenvalue weighted by atomic mass is 32.1. The Morgan fingerprint density at radius 2 is 2.11 bits per heavy atom. The molecule has 1 aliphatic rings. The Morgan fingerprint density at radius 3 is 2.93 bits per heavy atom. The molecule has 9 heteroatoms. The fourth-order valence-electron chi connectivity index (χ4n) is 3.78. The summed E-state index contributed by atoms with van der Waals surface area (Å²) in [6.45, 7) is 1.35. The molecule has 0 bridgehead atoms. The van der Waals surface area contributed by atoms with E-state index in [-0.39, 0.29) is 5.69 Å². The van der Waals surface area contributed by atoms with Gasteiger partial charge in [-0.1, -0.05) is 17.4 Å². The van der Waals surface area contributed by atoms with Crippen LogP contribution in [0.3, 0.4) is 0 Å². The van der Waals surface area contributed by atoms with E-state index in [1.54, 1.807) is 30.1 Å².